The molecule has 1 fully saturated rings. The Labute approximate surface area is 128 Å². The Bertz CT molecular complexity index is 411. The first-order valence-electron chi connectivity index (χ1n) is 7.77. The van der Waals surface area contributed by atoms with Gasteiger partial charge in [0.15, 0.2) is 0 Å². The Kier molecular flexibility index (Phi) is 5.88. The van der Waals surface area contributed by atoms with Crippen LogP contribution in [-0.4, -0.2) is 24.0 Å². The van der Waals surface area contributed by atoms with Crippen LogP contribution in [0.15, 0.2) is 24.3 Å². The van der Waals surface area contributed by atoms with Crippen molar-refractivity contribution in [2.24, 2.45) is 17.6 Å². The quantitative estimate of drug-likeness (QED) is 0.892. The fourth-order valence-electron chi connectivity index (χ4n) is 2.93. The van der Waals surface area contributed by atoms with Crippen molar-refractivity contribution >= 4 is 11.6 Å². The van der Waals surface area contributed by atoms with E-state index in [9.17, 15) is 0 Å². The van der Waals surface area contributed by atoms with Gasteiger partial charge >= 0.3 is 0 Å². The van der Waals surface area contributed by atoms with Crippen molar-refractivity contribution in [1.82, 2.24) is 4.90 Å². The van der Waals surface area contributed by atoms with Gasteiger partial charge in [0.05, 0.1) is 0 Å². The Morgan fingerprint density at radius 1 is 1.30 bits per heavy atom. The summed E-state index contributed by atoms with van der Waals surface area (Å²) in [6.07, 6.45) is 3.74. The number of hydrogen-bond acceptors (Lipinski definition) is 2. The highest BCUT2D eigenvalue weighted by molar-refractivity contribution is 6.30. The molecule has 0 bridgehead atoms. The van der Waals surface area contributed by atoms with Gasteiger partial charge in [-0.3, -0.25) is 4.90 Å². The van der Waals surface area contributed by atoms with Crippen LogP contribution < -0.4 is 5.73 Å². The van der Waals surface area contributed by atoms with Crippen LogP contribution >= 0.6 is 11.6 Å². The molecule has 2 rings (SSSR count). The minimum Gasteiger partial charge on any atom is -0.327 e. The minimum absolute atomic E-state index is 0.361. The maximum Gasteiger partial charge on any atom is 0.0409 e. The number of rotatable bonds is 5. The van der Waals surface area contributed by atoms with Crippen LogP contribution in [0.2, 0.25) is 5.02 Å². The number of piperidine rings is 1. The zero-order chi connectivity index (χ0) is 14.5. The molecule has 1 unspecified atom stereocenters. The molecule has 3 heteroatoms. The van der Waals surface area contributed by atoms with Crippen molar-refractivity contribution in [2.45, 2.75) is 45.7 Å². The third kappa shape index (κ3) is 4.76. The van der Waals surface area contributed by atoms with Gasteiger partial charge < -0.3 is 5.73 Å². The average Bonchev–Trinajstić information content (AvgIpc) is 2.41. The van der Waals surface area contributed by atoms with Crippen molar-refractivity contribution in [1.29, 1.82) is 0 Å². The molecule has 2 N–H and O–H groups in total. The number of nitrogens with zero attached hydrogens (tertiary/aromatic N) is 1. The van der Waals surface area contributed by atoms with E-state index in [1.807, 2.05) is 12.1 Å². The summed E-state index contributed by atoms with van der Waals surface area (Å²) in [4.78, 5) is 2.53. The van der Waals surface area contributed by atoms with Crippen LogP contribution in [0.5, 0.6) is 0 Å². The summed E-state index contributed by atoms with van der Waals surface area (Å²) in [6, 6.07) is 8.56. The lowest BCUT2D eigenvalue weighted by molar-refractivity contribution is 0.163. The highest BCUT2D eigenvalue weighted by atomic mass is 35.5. The molecule has 0 spiro atoms. The highest BCUT2D eigenvalue weighted by Gasteiger charge is 2.22. The average molecular weight is 295 g/mol. The van der Waals surface area contributed by atoms with E-state index in [1.165, 1.54) is 37.9 Å². The molecule has 1 saturated heterocycles. The van der Waals surface area contributed by atoms with E-state index >= 15 is 0 Å². The van der Waals surface area contributed by atoms with Crippen molar-refractivity contribution in [2.75, 3.05) is 13.1 Å². The lowest BCUT2D eigenvalue weighted by Crippen LogP contribution is -2.36. The van der Waals surface area contributed by atoms with Crippen molar-refractivity contribution < 1.29 is 0 Å². The lowest BCUT2D eigenvalue weighted by atomic mass is 9.87. The van der Waals surface area contributed by atoms with E-state index < -0.39 is 0 Å². The fourth-order valence-corrected chi connectivity index (χ4v) is 3.14. The molecule has 1 aromatic rings. The monoisotopic (exact) mass is 294 g/mol. The first kappa shape index (κ1) is 15.8. The fraction of sp³-hybridized carbons (Fsp3) is 0.647. The molecular formula is C17H27ClN2. The highest BCUT2D eigenvalue weighted by Crippen LogP contribution is 2.24. The molecule has 0 aromatic heterocycles. The molecule has 0 amide bonds. The van der Waals surface area contributed by atoms with Gasteiger partial charge in [-0.15, -0.1) is 0 Å². The van der Waals surface area contributed by atoms with Gasteiger partial charge in [-0.2, -0.15) is 0 Å². The summed E-state index contributed by atoms with van der Waals surface area (Å²) in [5.74, 6) is 1.41. The number of likely N-dealkylation sites (tertiary alicyclic amines) is 1. The summed E-state index contributed by atoms with van der Waals surface area (Å²) in [5, 5.41) is 0.834. The number of nitrogens with two attached hydrogens (primary N) is 1. The van der Waals surface area contributed by atoms with Gasteiger partial charge in [0, 0.05) is 17.6 Å². The first-order valence-corrected chi connectivity index (χ1v) is 8.14. The predicted octanol–water partition coefficient (Wildman–Crippen LogP) is 3.93. The zero-order valence-corrected chi connectivity index (χ0v) is 13.4. The van der Waals surface area contributed by atoms with E-state index in [-0.39, 0.29) is 0 Å². The Morgan fingerprint density at radius 2 is 2.00 bits per heavy atom. The van der Waals surface area contributed by atoms with Gasteiger partial charge in [0.1, 0.15) is 0 Å². The third-order valence-electron chi connectivity index (χ3n) is 4.46. The summed E-state index contributed by atoms with van der Waals surface area (Å²) in [7, 11) is 0. The van der Waals surface area contributed by atoms with Crippen molar-refractivity contribution in [3.8, 4) is 0 Å². The Balaban J connectivity index is 1.77. The SMILES string of the molecule is CC(C)C(N)CC1CCN(Cc2cccc(Cl)c2)CC1. The van der Waals surface area contributed by atoms with Gasteiger partial charge in [-0.1, -0.05) is 37.6 Å². The van der Waals surface area contributed by atoms with Crippen LogP contribution in [0, 0.1) is 11.8 Å². The molecule has 0 radical (unpaired) electrons. The predicted molar refractivity (Wildman–Crippen MR) is 86.9 cm³/mol. The second-order valence-electron chi connectivity index (χ2n) is 6.49. The Hall–Kier alpha value is -0.570. The van der Waals surface area contributed by atoms with Crippen molar-refractivity contribution in [3.63, 3.8) is 0 Å². The summed E-state index contributed by atoms with van der Waals surface area (Å²) >= 11 is 6.04. The van der Waals surface area contributed by atoms with Gasteiger partial charge in [0.25, 0.3) is 0 Å². The topological polar surface area (TPSA) is 29.3 Å². The van der Waals surface area contributed by atoms with Crippen LogP contribution in [0.25, 0.3) is 0 Å². The maximum atomic E-state index is 6.19. The number of halogens is 1. The first-order chi connectivity index (χ1) is 9.54. The Morgan fingerprint density at radius 3 is 2.60 bits per heavy atom. The molecule has 112 valence electrons. The van der Waals surface area contributed by atoms with Gasteiger partial charge in [0.2, 0.25) is 0 Å². The van der Waals surface area contributed by atoms with Crippen molar-refractivity contribution in [3.05, 3.63) is 34.9 Å². The van der Waals surface area contributed by atoms with E-state index in [4.69, 9.17) is 17.3 Å². The molecule has 0 saturated carbocycles. The number of hydrogen-bond donors (Lipinski definition) is 1. The number of benzene rings is 1. The van der Waals surface area contributed by atoms with E-state index in [1.54, 1.807) is 0 Å². The van der Waals surface area contributed by atoms with Crippen LogP contribution in [0.3, 0.4) is 0 Å². The molecule has 1 atom stereocenters. The minimum atomic E-state index is 0.361. The molecule has 1 heterocycles. The smallest absolute Gasteiger partial charge is 0.0409 e. The standard InChI is InChI=1S/C17H27ClN2/c1-13(2)17(19)11-14-6-8-20(9-7-14)12-15-4-3-5-16(18)10-15/h3-5,10,13-14,17H,6-9,11-12,19H2,1-2H3. The summed E-state index contributed by atoms with van der Waals surface area (Å²) in [6.45, 7) is 7.82. The third-order valence-corrected chi connectivity index (χ3v) is 4.70. The van der Waals surface area contributed by atoms with Crippen LogP contribution in [-0.2, 0) is 6.54 Å². The zero-order valence-electron chi connectivity index (χ0n) is 12.7. The molecule has 0 aliphatic carbocycles. The molecule has 20 heavy (non-hydrogen) atoms. The summed E-state index contributed by atoms with van der Waals surface area (Å²) in [5.41, 5.74) is 7.51. The normalized spacial score (nSPS) is 19.4. The molecule has 1 aliphatic heterocycles. The maximum absolute atomic E-state index is 6.19. The second kappa shape index (κ2) is 7.44. The molecule has 1 aliphatic rings. The molecular weight excluding hydrogens is 268 g/mol. The lowest BCUT2D eigenvalue weighted by Gasteiger charge is -2.33. The van der Waals surface area contributed by atoms with Gasteiger partial charge in [-0.25, -0.2) is 0 Å². The van der Waals surface area contributed by atoms with E-state index in [0.29, 0.717) is 12.0 Å². The largest absolute Gasteiger partial charge is 0.327 e. The molecule has 1 aromatic carbocycles. The molecule has 2 nitrogen and oxygen atoms in total. The van der Waals surface area contributed by atoms with E-state index in [0.717, 1.165) is 17.5 Å². The van der Waals surface area contributed by atoms with Crippen LogP contribution in [0.1, 0.15) is 38.7 Å². The summed E-state index contributed by atoms with van der Waals surface area (Å²) < 4.78 is 0. The van der Waals surface area contributed by atoms with E-state index in [2.05, 4.69) is 30.9 Å². The second-order valence-corrected chi connectivity index (χ2v) is 6.93. The van der Waals surface area contributed by atoms with Gasteiger partial charge in [-0.05, 0) is 61.9 Å². The van der Waals surface area contributed by atoms with Crippen LogP contribution in [0.4, 0.5) is 0 Å².